The highest BCUT2D eigenvalue weighted by atomic mass is 32.2. The standard InChI is InChI=1S/C19H20N6S/c1-12-18(13(2)24(3)22-12)16-9-8-15(11-20-16)26-23-17-7-5-6-14-10-21-25(4)19(14)17/h5-11,23H,1-4H3. The quantitative estimate of drug-likeness (QED) is 0.552. The van der Waals surface area contributed by atoms with E-state index >= 15 is 0 Å². The molecule has 26 heavy (non-hydrogen) atoms. The number of nitrogens with zero attached hydrogens (tertiary/aromatic N) is 5. The number of aryl methyl sites for hydroxylation is 3. The molecule has 4 aromatic rings. The lowest BCUT2D eigenvalue weighted by molar-refractivity contribution is 0.731. The predicted octanol–water partition coefficient (Wildman–Crippen LogP) is 4.10. The molecule has 0 fully saturated rings. The molecule has 0 unspecified atom stereocenters. The predicted molar refractivity (Wildman–Crippen MR) is 106 cm³/mol. The molecule has 0 aliphatic heterocycles. The number of anilines is 1. The lowest BCUT2D eigenvalue weighted by Crippen LogP contribution is -1.95. The first-order valence-corrected chi connectivity index (χ1v) is 9.16. The van der Waals surface area contributed by atoms with E-state index in [0.717, 1.165) is 44.1 Å². The van der Waals surface area contributed by atoms with E-state index in [9.17, 15) is 0 Å². The van der Waals surface area contributed by atoms with Crippen LogP contribution in [0.3, 0.4) is 0 Å². The van der Waals surface area contributed by atoms with Crippen LogP contribution < -0.4 is 4.72 Å². The van der Waals surface area contributed by atoms with Gasteiger partial charge in [0.05, 0.1) is 28.8 Å². The Labute approximate surface area is 156 Å². The fraction of sp³-hybridized carbons (Fsp3) is 0.211. The number of fused-ring (bicyclic) bond motifs is 1. The second-order valence-electron chi connectivity index (χ2n) is 6.26. The van der Waals surface area contributed by atoms with Crippen LogP contribution in [0.25, 0.3) is 22.2 Å². The largest absolute Gasteiger partial charge is 0.324 e. The van der Waals surface area contributed by atoms with Crippen LogP contribution in [0.4, 0.5) is 5.69 Å². The monoisotopic (exact) mass is 364 g/mol. The van der Waals surface area contributed by atoms with Gasteiger partial charge >= 0.3 is 0 Å². The topological polar surface area (TPSA) is 60.6 Å². The SMILES string of the molecule is Cc1nn(C)c(C)c1-c1ccc(SNc2cccc3cnn(C)c23)cn1. The van der Waals surface area contributed by atoms with Gasteiger partial charge in [0.25, 0.3) is 0 Å². The number of hydrogen-bond donors (Lipinski definition) is 1. The molecule has 0 aliphatic rings. The smallest absolute Gasteiger partial charge is 0.0918 e. The van der Waals surface area contributed by atoms with E-state index in [2.05, 4.69) is 45.0 Å². The van der Waals surface area contributed by atoms with Crippen molar-refractivity contribution in [2.24, 2.45) is 14.1 Å². The van der Waals surface area contributed by atoms with Crippen molar-refractivity contribution in [3.63, 3.8) is 0 Å². The van der Waals surface area contributed by atoms with E-state index in [1.807, 2.05) is 54.9 Å². The summed E-state index contributed by atoms with van der Waals surface area (Å²) in [7, 11) is 3.91. The summed E-state index contributed by atoms with van der Waals surface area (Å²) in [6, 6.07) is 10.3. The first-order valence-electron chi connectivity index (χ1n) is 8.35. The van der Waals surface area contributed by atoms with Gasteiger partial charge < -0.3 is 4.72 Å². The van der Waals surface area contributed by atoms with Crippen LogP contribution in [0, 0.1) is 13.8 Å². The van der Waals surface area contributed by atoms with Gasteiger partial charge in [0.1, 0.15) is 0 Å². The van der Waals surface area contributed by atoms with Crippen LogP contribution in [0.2, 0.25) is 0 Å². The number of aromatic nitrogens is 5. The summed E-state index contributed by atoms with van der Waals surface area (Å²) in [4.78, 5) is 5.68. The Morgan fingerprint density at radius 3 is 2.54 bits per heavy atom. The maximum atomic E-state index is 4.63. The molecule has 1 aromatic carbocycles. The molecule has 3 heterocycles. The van der Waals surface area contributed by atoms with Crippen LogP contribution in [0.1, 0.15) is 11.4 Å². The van der Waals surface area contributed by atoms with Gasteiger partial charge in [-0.2, -0.15) is 10.2 Å². The van der Waals surface area contributed by atoms with Gasteiger partial charge in [-0.05, 0) is 44.0 Å². The van der Waals surface area contributed by atoms with Crippen LogP contribution in [0.5, 0.6) is 0 Å². The summed E-state index contributed by atoms with van der Waals surface area (Å²) in [5, 5.41) is 9.91. The molecule has 132 valence electrons. The maximum Gasteiger partial charge on any atom is 0.0918 e. The van der Waals surface area contributed by atoms with Crippen LogP contribution in [-0.4, -0.2) is 24.5 Å². The van der Waals surface area contributed by atoms with E-state index in [-0.39, 0.29) is 0 Å². The second kappa shape index (κ2) is 6.49. The van der Waals surface area contributed by atoms with Gasteiger partial charge in [-0.25, -0.2) is 0 Å². The van der Waals surface area contributed by atoms with Gasteiger partial charge in [-0.1, -0.05) is 12.1 Å². The lowest BCUT2D eigenvalue weighted by Gasteiger charge is -2.08. The van der Waals surface area contributed by atoms with E-state index < -0.39 is 0 Å². The number of rotatable bonds is 4. The first-order chi connectivity index (χ1) is 12.5. The molecular weight excluding hydrogens is 344 g/mol. The van der Waals surface area contributed by atoms with Gasteiger partial charge in [0.2, 0.25) is 0 Å². The van der Waals surface area contributed by atoms with Gasteiger partial charge in [0, 0.05) is 41.8 Å². The molecular formula is C19H20N6S. The molecule has 6 nitrogen and oxygen atoms in total. The Morgan fingerprint density at radius 1 is 1.00 bits per heavy atom. The third kappa shape index (κ3) is 2.84. The highest BCUT2D eigenvalue weighted by Gasteiger charge is 2.13. The zero-order chi connectivity index (χ0) is 18.3. The zero-order valence-electron chi connectivity index (χ0n) is 15.2. The van der Waals surface area contributed by atoms with Crippen molar-refractivity contribution in [1.29, 1.82) is 0 Å². The second-order valence-corrected chi connectivity index (χ2v) is 7.14. The molecule has 7 heteroatoms. The van der Waals surface area contributed by atoms with Crippen molar-refractivity contribution in [3.05, 3.63) is 54.1 Å². The minimum Gasteiger partial charge on any atom is -0.324 e. The van der Waals surface area contributed by atoms with Crippen LogP contribution in [-0.2, 0) is 14.1 Å². The van der Waals surface area contributed by atoms with Crippen molar-refractivity contribution in [1.82, 2.24) is 24.5 Å². The van der Waals surface area contributed by atoms with E-state index in [0.29, 0.717) is 0 Å². The average Bonchev–Trinajstić information content (AvgIpc) is 3.14. The number of para-hydroxylation sites is 1. The van der Waals surface area contributed by atoms with Gasteiger partial charge in [-0.3, -0.25) is 14.3 Å². The number of benzene rings is 1. The van der Waals surface area contributed by atoms with E-state index in [1.54, 1.807) is 11.9 Å². The third-order valence-corrected chi connectivity index (χ3v) is 5.34. The summed E-state index contributed by atoms with van der Waals surface area (Å²) in [5.74, 6) is 0. The van der Waals surface area contributed by atoms with Crippen molar-refractivity contribution in [2.45, 2.75) is 18.7 Å². The van der Waals surface area contributed by atoms with E-state index in [1.165, 1.54) is 0 Å². The van der Waals surface area contributed by atoms with Crippen molar-refractivity contribution >= 4 is 28.5 Å². The first kappa shape index (κ1) is 16.7. The van der Waals surface area contributed by atoms with E-state index in [4.69, 9.17) is 0 Å². The summed E-state index contributed by atoms with van der Waals surface area (Å²) >= 11 is 1.54. The molecule has 0 amide bonds. The normalized spacial score (nSPS) is 11.2. The zero-order valence-corrected chi connectivity index (χ0v) is 16.0. The molecule has 0 saturated carbocycles. The fourth-order valence-electron chi connectivity index (χ4n) is 3.16. The van der Waals surface area contributed by atoms with Crippen LogP contribution >= 0.6 is 11.9 Å². The van der Waals surface area contributed by atoms with Gasteiger partial charge in [0.15, 0.2) is 0 Å². The summed E-state index contributed by atoms with van der Waals surface area (Å²) in [5.41, 5.74) is 6.31. The maximum absolute atomic E-state index is 4.63. The molecule has 3 aromatic heterocycles. The molecule has 0 bridgehead atoms. The molecule has 0 radical (unpaired) electrons. The lowest BCUT2D eigenvalue weighted by atomic mass is 10.1. The van der Waals surface area contributed by atoms with Crippen molar-refractivity contribution in [3.8, 4) is 11.3 Å². The third-order valence-electron chi connectivity index (χ3n) is 4.54. The average molecular weight is 364 g/mol. The Kier molecular flexibility index (Phi) is 4.16. The van der Waals surface area contributed by atoms with Crippen molar-refractivity contribution < 1.29 is 0 Å². The molecule has 4 rings (SSSR count). The molecule has 0 atom stereocenters. The number of pyridine rings is 1. The Balaban J connectivity index is 1.55. The highest BCUT2D eigenvalue weighted by Crippen LogP contribution is 2.29. The molecule has 0 spiro atoms. The molecule has 0 aliphatic carbocycles. The highest BCUT2D eigenvalue weighted by molar-refractivity contribution is 8.00. The fourth-order valence-corrected chi connectivity index (χ4v) is 3.80. The Bertz CT molecular complexity index is 1080. The Hall–Kier alpha value is -2.80. The molecule has 0 saturated heterocycles. The summed E-state index contributed by atoms with van der Waals surface area (Å²) < 4.78 is 7.19. The minimum absolute atomic E-state index is 0.950. The summed E-state index contributed by atoms with van der Waals surface area (Å²) in [6.45, 7) is 4.08. The van der Waals surface area contributed by atoms with Gasteiger partial charge in [-0.15, -0.1) is 0 Å². The Morgan fingerprint density at radius 2 is 1.85 bits per heavy atom. The number of hydrogen-bond acceptors (Lipinski definition) is 5. The van der Waals surface area contributed by atoms with Crippen LogP contribution in [0.15, 0.2) is 47.6 Å². The minimum atomic E-state index is 0.950. The molecule has 1 N–H and O–H groups in total. The number of nitrogens with one attached hydrogen (secondary N) is 1. The summed E-state index contributed by atoms with van der Waals surface area (Å²) in [6.07, 6.45) is 3.77. The van der Waals surface area contributed by atoms with Crippen molar-refractivity contribution in [2.75, 3.05) is 4.72 Å².